The number of amides is 2. The lowest BCUT2D eigenvalue weighted by Gasteiger charge is -2.31. The van der Waals surface area contributed by atoms with Gasteiger partial charge >= 0.3 is 0 Å². The molecule has 0 saturated carbocycles. The summed E-state index contributed by atoms with van der Waals surface area (Å²) in [6.45, 7) is 3.06. The summed E-state index contributed by atoms with van der Waals surface area (Å²) in [4.78, 5) is 26.5. The van der Waals surface area contributed by atoms with Crippen molar-refractivity contribution in [1.29, 1.82) is 0 Å². The molecule has 0 unspecified atom stereocenters. The number of likely N-dealkylation sites (tertiary alicyclic amines) is 1. The van der Waals surface area contributed by atoms with Crippen molar-refractivity contribution in [3.63, 3.8) is 0 Å². The van der Waals surface area contributed by atoms with Crippen LogP contribution in [0, 0.1) is 18.7 Å². The lowest BCUT2D eigenvalue weighted by molar-refractivity contribution is -0.121. The molecule has 1 aliphatic rings. The fourth-order valence-corrected chi connectivity index (χ4v) is 3.00. The van der Waals surface area contributed by atoms with E-state index in [2.05, 4.69) is 5.32 Å². The van der Waals surface area contributed by atoms with Crippen LogP contribution in [0.15, 0.2) is 48.5 Å². The highest BCUT2D eigenvalue weighted by Gasteiger charge is 2.27. The zero-order valence-electron chi connectivity index (χ0n) is 14.2. The number of aryl methyl sites for hydroxylation is 1. The predicted molar refractivity (Wildman–Crippen MR) is 94.8 cm³/mol. The van der Waals surface area contributed by atoms with Crippen LogP contribution >= 0.6 is 0 Å². The maximum absolute atomic E-state index is 13.0. The van der Waals surface area contributed by atoms with Crippen LogP contribution in [0.4, 0.5) is 10.1 Å². The molecular formula is C20H21FN2O2. The first-order valence-electron chi connectivity index (χ1n) is 8.45. The molecule has 0 aromatic heterocycles. The van der Waals surface area contributed by atoms with Crippen molar-refractivity contribution in [2.75, 3.05) is 18.4 Å². The van der Waals surface area contributed by atoms with Crippen LogP contribution in [0.2, 0.25) is 0 Å². The average molecular weight is 340 g/mol. The summed E-state index contributed by atoms with van der Waals surface area (Å²) in [5, 5.41) is 2.94. The highest BCUT2D eigenvalue weighted by Crippen LogP contribution is 2.21. The molecule has 2 aromatic carbocycles. The third kappa shape index (κ3) is 4.24. The molecule has 1 heterocycles. The highest BCUT2D eigenvalue weighted by atomic mass is 19.1. The van der Waals surface area contributed by atoms with Gasteiger partial charge in [0.25, 0.3) is 5.91 Å². The largest absolute Gasteiger partial charge is 0.339 e. The zero-order valence-corrected chi connectivity index (χ0v) is 14.2. The Bertz CT molecular complexity index is 748. The first-order valence-corrected chi connectivity index (χ1v) is 8.45. The van der Waals surface area contributed by atoms with Crippen LogP contribution in [-0.2, 0) is 4.79 Å². The van der Waals surface area contributed by atoms with Crippen molar-refractivity contribution in [3.05, 3.63) is 65.5 Å². The van der Waals surface area contributed by atoms with Crippen molar-refractivity contribution in [2.24, 2.45) is 5.92 Å². The van der Waals surface area contributed by atoms with Gasteiger partial charge in [-0.3, -0.25) is 9.59 Å². The van der Waals surface area contributed by atoms with E-state index in [1.165, 1.54) is 24.3 Å². The van der Waals surface area contributed by atoms with E-state index >= 15 is 0 Å². The number of rotatable bonds is 3. The molecule has 0 aliphatic carbocycles. The Morgan fingerprint density at radius 3 is 2.20 bits per heavy atom. The van der Waals surface area contributed by atoms with Gasteiger partial charge in [0.05, 0.1) is 0 Å². The topological polar surface area (TPSA) is 49.4 Å². The minimum atomic E-state index is -0.358. The average Bonchev–Trinajstić information content (AvgIpc) is 2.64. The van der Waals surface area contributed by atoms with Gasteiger partial charge in [0.15, 0.2) is 0 Å². The van der Waals surface area contributed by atoms with E-state index in [1.807, 2.05) is 31.2 Å². The number of halogens is 1. The van der Waals surface area contributed by atoms with Crippen molar-refractivity contribution in [1.82, 2.24) is 4.90 Å². The minimum Gasteiger partial charge on any atom is -0.339 e. The molecule has 0 bridgehead atoms. The van der Waals surface area contributed by atoms with Crippen molar-refractivity contribution < 1.29 is 14.0 Å². The Kier molecular flexibility index (Phi) is 5.12. The van der Waals surface area contributed by atoms with Crippen LogP contribution < -0.4 is 5.32 Å². The maximum Gasteiger partial charge on any atom is 0.253 e. The van der Waals surface area contributed by atoms with Crippen molar-refractivity contribution in [3.8, 4) is 0 Å². The van der Waals surface area contributed by atoms with Gasteiger partial charge in [-0.25, -0.2) is 4.39 Å². The zero-order chi connectivity index (χ0) is 17.8. The van der Waals surface area contributed by atoms with E-state index in [0.29, 0.717) is 31.5 Å². The van der Waals surface area contributed by atoms with Crippen LogP contribution in [0.1, 0.15) is 28.8 Å². The third-order valence-electron chi connectivity index (χ3n) is 4.56. The molecule has 0 radical (unpaired) electrons. The molecule has 1 aliphatic heterocycles. The number of anilines is 1. The molecule has 0 atom stereocenters. The second kappa shape index (κ2) is 7.47. The Morgan fingerprint density at radius 1 is 1.00 bits per heavy atom. The first-order chi connectivity index (χ1) is 12.0. The molecule has 0 spiro atoms. The lowest BCUT2D eigenvalue weighted by Crippen LogP contribution is -2.41. The number of nitrogens with zero attached hydrogens (tertiary/aromatic N) is 1. The van der Waals surface area contributed by atoms with E-state index < -0.39 is 0 Å². The van der Waals surface area contributed by atoms with Crippen molar-refractivity contribution in [2.45, 2.75) is 19.8 Å². The summed E-state index contributed by atoms with van der Waals surface area (Å²) in [5.74, 6) is -0.572. The fraction of sp³-hybridized carbons (Fsp3) is 0.300. The number of carbonyl (C=O) groups is 2. The van der Waals surface area contributed by atoms with Gasteiger partial charge in [-0.15, -0.1) is 0 Å². The SMILES string of the molecule is Cc1ccc(NC(=O)C2CCN(C(=O)c3ccc(F)cc3)CC2)cc1. The molecule has 5 heteroatoms. The summed E-state index contributed by atoms with van der Waals surface area (Å²) in [5.41, 5.74) is 2.41. The summed E-state index contributed by atoms with van der Waals surface area (Å²) in [7, 11) is 0. The number of nitrogens with one attached hydrogen (secondary N) is 1. The maximum atomic E-state index is 13.0. The smallest absolute Gasteiger partial charge is 0.253 e. The third-order valence-corrected chi connectivity index (χ3v) is 4.56. The number of hydrogen-bond donors (Lipinski definition) is 1. The molecule has 130 valence electrons. The Labute approximate surface area is 146 Å². The van der Waals surface area contributed by atoms with Crippen molar-refractivity contribution >= 4 is 17.5 Å². The van der Waals surface area contributed by atoms with E-state index in [9.17, 15) is 14.0 Å². The molecule has 1 N–H and O–H groups in total. The van der Waals surface area contributed by atoms with E-state index in [1.54, 1.807) is 4.90 Å². The molecule has 1 fully saturated rings. The van der Waals surface area contributed by atoms with Crippen LogP contribution in [0.5, 0.6) is 0 Å². The number of piperidine rings is 1. The van der Waals surface area contributed by atoms with E-state index in [-0.39, 0.29) is 23.5 Å². The van der Waals surface area contributed by atoms with Gasteiger partial charge in [-0.05, 0) is 56.2 Å². The first kappa shape index (κ1) is 17.1. The lowest BCUT2D eigenvalue weighted by atomic mass is 9.95. The van der Waals surface area contributed by atoms with E-state index in [4.69, 9.17) is 0 Å². The molecule has 2 amide bonds. The summed E-state index contributed by atoms with van der Waals surface area (Å²) >= 11 is 0. The second-order valence-electron chi connectivity index (χ2n) is 6.43. The normalized spacial score (nSPS) is 15.0. The molecule has 25 heavy (non-hydrogen) atoms. The van der Waals surface area contributed by atoms with Gasteiger partial charge < -0.3 is 10.2 Å². The summed E-state index contributed by atoms with van der Waals surface area (Å²) in [6.07, 6.45) is 1.26. The number of hydrogen-bond acceptors (Lipinski definition) is 2. The Hall–Kier alpha value is -2.69. The highest BCUT2D eigenvalue weighted by molar-refractivity contribution is 5.95. The number of carbonyl (C=O) groups excluding carboxylic acids is 2. The van der Waals surface area contributed by atoms with Gasteiger partial charge in [-0.2, -0.15) is 0 Å². The van der Waals surface area contributed by atoms with Gasteiger partial charge in [0.1, 0.15) is 5.82 Å². The molecule has 1 saturated heterocycles. The van der Waals surface area contributed by atoms with Gasteiger partial charge in [0.2, 0.25) is 5.91 Å². The minimum absolute atomic E-state index is 0.00210. The van der Waals surface area contributed by atoms with E-state index in [0.717, 1.165) is 11.3 Å². The summed E-state index contributed by atoms with van der Waals surface area (Å²) in [6, 6.07) is 13.3. The van der Waals surface area contributed by atoms with Crippen LogP contribution in [0.3, 0.4) is 0 Å². The quantitative estimate of drug-likeness (QED) is 0.928. The van der Waals surface area contributed by atoms with Crippen LogP contribution in [-0.4, -0.2) is 29.8 Å². The molecule has 2 aromatic rings. The van der Waals surface area contributed by atoms with Crippen LogP contribution in [0.25, 0.3) is 0 Å². The Morgan fingerprint density at radius 2 is 1.60 bits per heavy atom. The Balaban J connectivity index is 1.54. The van der Waals surface area contributed by atoms with Gasteiger partial charge in [-0.1, -0.05) is 17.7 Å². The fourth-order valence-electron chi connectivity index (χ4n) is 3.00. The van der Waals surface area contributed by atoms with Gasteiger partial charge in [0, 0.05) is 30.3 Å². The molecular weight excluding hydrogens is 319 g/mol. The summed E-state index contributed by atoms with van der Waals surface area (Å²) < 4.78 is 13.0. The monoisotopic (exact) mass is 340 g/mol. The number of benzene rings is 2. The molecule has 4 nitrogen and oxygen atoms in total. The molecule has 3 rings (SSSR count). The second-order valence-corrected chi connectivity index (χ2v) is 6.43. The predicted octanol–water partition coefficient (Wildman–Crippen LogP) is 3.63. The standard InChI is InChI=1S/C20H21FN2O2/c1-14-2-8-18(9-3-14)22-19(24)15-10-12-23(13-11-15)20(25)16-4-6-17(21)7-5-16/h2-9,15H,10-13H2,1H3,(H,22,24).